The minimum absolute atomic E-state index is 0.161. The first kappa shape index (κ1) is 16.1. The van der Waals surface area contributed by atoms with Crippen molar-refractivity contribution < 1.29 is 13.9 Å². The summed E-state index contributed by atoms with van der Waals surface area (Å²) in [6, 6.07) is 9.68. The zero-order valence-corrected chi connectivity index (χ0v) is 13.5. The normalized spacial score (nSPS) is 17.1. The Bertz CT molecular complexity index is 755. The highest BCUT2D eigenvalue weighted by molar-refractivity contribution is 5.70. The van der Waals surface area contributed by atoms with Crippen LogP contribution in [-0.4, -0.2) is 31.3 Å². The molecule has 2 aromatic rings. The number of nitrogens with one attached hydrogen (secondary N) is 1. The fourth-order valence-electron chi connectivity index (χ4n) is 2.58. The lowest BCUT2D eigenvalue weighted by atomic mass is 10.2. The van der Waals surface area contributed by atoms with Gasteiger partial charge in [0.1, 0.15) is 11.8 Å². The third-order valence-corrected chi connectivity index (χ3v) is 3.81. The van der Waals surface area contributed by atoms with E-state index in [0.717, 1.165) is 30.8 Å². The third kappa shape index (κ3) is 3.76. The Morgan fingerprint density at radius 3 is 3.04 bits per heavy atom. The largest absolute Gasteiger partial charge is 0.496 e. The Morgan fingerprint density at radius 2 is 2.29 bits per heavy atom. The van der Waals surface area contributed by atoms with Crippen molar-refractivity contribution in [2.45, 2.75) is 18.9 Å². The molecule has 1 unspecified atom stereocenters. The second-order valence-corrected chi connectivity index (χ2v) is 5.43. The van der Waals surface area contributed by atoms with E-state index in [1.807, 2.05) is 36.4 Å². The van der Waals surface area contributed by atoms with E-state index in [1.165, 1.54) is 0 Å². The summed E-state index contributed by atoms with van der Waals surface area (Å²) < 4.78 is 16.5. The maximum atomic E-state index is 9.20. The Hall–Kier alpha value is -2.78. The monoisotopic (exact) mass is 325 g/mol. The standard InChI is InChI=1S/C18H19N3O3/c1-22-16-7-3-2-5-13(16)8-9-17-21-15(11-19)18(24-17)20-12-14-6-4-10-23-14/h2-3,5,7-9,14,20H,4,6,10,12H2,1H3/b9-8+. The molecular formula is C18H19N3O3. The van der Waals surface area contributed by atoms with Crippen LogP contribution in [0.4, 0.5) is 5.88 Å². The molecule has 1 saturated heterocycles. The second kappa shape index (κ2) is 7.66. The highest BCUT2D eigenvalue weighted by Crippen LogP contribution is 2.22. The maximum absolute atomic E-state index is 9.20. The molecule has 3 rings (SSSR count). The van der Waals surface area contributed by atoms with Gasteiger partial charge in [-0.25, -0.2) is 0 Å². The summed E-state index contributed by atoms with van der Waals surface area (Å²) in [5.74, 6) is 1.51. The van der Waals surface area contributed by atoms with Gasteiger partial charge in [0.15, 0.2) is 0 Å². The Balaban J connectivity index is 1.72. The number of nitriles is 1. The van der Waals surface area contributed by atoms with Crippen LogP contribution >= 0.6 is 0 Å². The van der Waals surface area contributed by atoms with E-state index in [-0.39, 0.29) is 11.8 Å². The van der Waals surface area contributed by atoms with Gasteiger partial charge in [-0.2, -0.15) is 10.2 Å². The number of benzene rings is 1. The Labute approximate surface area is 140 Å². The molecule has 0 radical (unpaired) electrons. The van der Waals surface area contributed by atoms with Crippen LogP contribution in [0.1, 0.15) is 30.0 Å². The van der Waals surface area contributed by atoms with Gasteiger partial charge in [0.2, 0.25) is 17.5 Å². The minimum Gasteiger partial charge on any atom is -0.496 e. The Morgan fingerprint density at radius 1 is 1.42 bits per heavy atom. The summed E-state index contributed by atoms with van der Waals surface area (Å²) in [6.45, 7) is 1.40. The third-order valence-electron chi connectivity index (χ3n) is 3.81. The van der Waals surface area contributed by atoms with Gasteiger partial charge in [0.25, 0.3) is 0 Å². The molecule has 0 amide bonds. The van der Waals surface area contributed by atoms with Gasteiger partial charge in [-0.05, 0) is 25.0 Å². The van der Waals surface area contributed by atoms with Crippen molar-refractivity contribution in [1.29, 1.82) is 5.26 Å². The van der Waals surface area contributed by atoms with Crippen molar-refractivity contribution in [2.24, 2.45) is 0 Å². The molecule has 1 atom stereocenters. The number of methoxy groups -OCH3 is 1. The number of aromatic nitrogens is 1. The topological polar surface area (TPSA) is 80.3 Å². The second-order valence-electron chi connectivity index (χ2n) is 5.43. The minimum atomic E-state index is 0.161. The summed E-state index contributed by atoms with van der Waals surface area (Å²) in [4.78, 5) is 4.19. The van der Waals surface area contributed by atoms with E-state index < -0.39 is 0 Å². The van der Waals surface area contributed by atoms with E-state index in [1.54, 1.807) is 13.2 Å². The molecule has 1 fully saturated rings. The molecule has 1 aliphatic heterocycles. The zero-order chi connectivity index (χ0) is 16.8. The predicted octanol–water partition coefficient (Wildman–Crippen LogP) is 3.32. The van der Waals surface area contributed by atoms with Crippen molar-refractivity contribution in [3.8, 4) is 11.8 Å². The number of ether oxygens (including phenoxy) is 2. The molecule has 124 valence electrons. The molecule has 1 aromatic heterocycles. The average molecular weight is 325 g/mol. The van der Waals surface area contributed by atoms with Crippen molar-refractivity contribution >= 4 is 18.0 Å². The van der Waals surface area contributed by atoms with Gasteiger partial charge in [-0.15, -0.1) is 0 Å². The van der Waals surface area contributed by atoms with E-state index in [0.29, 0.717) is 18.3 Å². The summed E-state index contributed by atoms with van der Waals surface area (Å²) in [6.07, 6.45) is 5.81. The lowest BCUT2D eigenvalue weighted by Crippen LogP contribution is -2.18. The van der Waals surface area contributed by atoms with Crippen molar-refractivity contribution in [1.82, 2.24) is 4.98 Å². The predicted molar refractivity (Wildman–Crippen MR) is 90.6 cm³/mol. The van der Waals surface area contributed by atoms with Crippen molar-refractivity contribution in [3.63, 3.8) is 0 Å². The molecule has 1 aliphatic rings. The van der Waals surface area contributed by atoms with E-state index in [9.17, 15) is 5.26 Å². The SMILES string of the molecule is COc1ccccc1/C=C/c1nc(C#N)c(NCC2CCCO2)o1. The number of nitrogens with zero attached hydrogens (tertiary/aromatic N) is 2. The molecule has 6 nitrogen and oxygen atoms in total. The molecule has 6 heteroatoms. The maximum Gasteiger partial charge on any atom is 0.232 e. The smallest absolute Gasteiger partial charge is 0.232 e. The fourth-order valence-corrected chi connectivity index (χ4v) is 2.58. The van der Waals surface area contributed by atoms with Crippen LogP contribution in [0.3, 0.4) is 0 Å². The van der Waals surface area contributed by atoms with Crippen LogP contribution < -0.4 is 10.1 Å². The van der Waals surface area contributed by atoms with Gasteiger partial charge in [-0.1, -0.05) is 18.2 Å². The number of hydrogen-bond donors (Lipinski definition) is 1. The molecule has 1 aromatic carbocycles. The average Bonchev–Trinajstić information content (AvgIpc) is 3.27. The number of oxazole rings is 1. The van der Waals surface area contributed by atoms with E-state index in [4.69, 9.17) is 13.9 Å². The first-order valence-corrected chi connectivity index (χ1v) is 7.87. The summed E-state index contributed by atoms with van der Waals surface area (Å²) >= 11 is 0. The molecule has 24 heavy (non-hydrogen) atoms. The van der Waals surface area contributed by atoms with Crippen LogP contribution in [0.5, 0.6) is 5.75 Å². The van der Waals surface area contributed by atoms with Gasteiger partial charge in [-0.3, -0.25) is 0 Å². The van der Waals surface area contributed by atoms with Gasteiger partial charge < -0.3 is 19.2 Å². The Kier molecular flexibility index (Phi) is 5.14. The van der Waals surface area contributed by atoms with E-state index >= 15 is 0 Å². The number of rotatable bonds is 6. The quantitative estimate of drug-likeness (QED) is 0.877. The number of anilines is 1. The zero-order valence-electron chi connectivity index (χ0n) is 13.5. The highest BCUT2D eigenvalue weighted by Gasteiger charge is 2.18. The number of hydrogen-bond acceptors (Lipinski definition) is 6. The van der Waals surface area contributed by atoms with Crippen LogP contribution in [0.2, 0.25) is 0 Å². The first-order chi connectivity index (χ1) is 11.8. The van der Waals surface area contributed by atoms with Crippen molar-refractivity contribution in [3.05, 3.63) is 41.4 Å². The lowest BCUT2D eigenvalue weighted by molar-refractivity contribution is 0.120. The highest BCUT2D eigenvalue weighted by atomic mass is 16.5. The lowest BCUT2D eigenvalue weighted by Gasteiger charge is -2.09. The summed E-state index contributed by atoms with van der Waals surface area (Å²) in [5, 5.41) is 12.3. The molecule has 0 saturated carbocycles. The van der Waals surface area contributed by atoms with Crippen LogP contribution in [0.25, 0.3) is 12.2 Å². The van der Waals surface area contributed by atoms with Gasteiger partial charge in [0, 0.05) is 24.8 Å². The molecule has 0 aliphatic carbocycles. The summed E-state index contributed by atoms with van der Waals surface area (Å²) in [7, 11) is 1.62. The fraction of sp³-hybridized carbons (Fsp3) is 0.333. The molecular weight excluding hydrogens is 306 g/mol. The molecule has 1 N–H and O–H groups in total. The van der Waals surface area contributed by atoms with Crippen LogP contribution in [-0.2, 0) is 4.74 Å². The first-order valence-electron chi connectivity index (χ1n) is 7.87. The molecule has 0 bridgehead atoms. The van der Waals surface area contributed by atoms with Gasteiger partial charge in [0.05, 0.1) is 13.2 Å². The number of para-hydroxylation sites is 1. The van der Waals surface area contributed by atoms with E-state index in [2.05, 4.69) is 10.3 Å². The van der Waals surface area contributed by atoms with Gasteiger partial charge >= 0.3 is 0 Å². The van der Waals surface area contributed by atoms with Crippen LogP contribution in [0, 0.1) is 11.3 Å². The summed E-state index contributed by atoms with van der Waals surface area (Å²) in [5.41, 5.74) is 1.15. The van der Waals surface area contributed by atoms with Crippen LogP contribution in [0.15, 0.2) is 28.7 Å². The molecule has 0 spiro atoms. The van der Waals surface area contributed by atoms with Crippen molar-refractivity contribution in [2.75, 3.05) is 25.6 Å². The molecule has 2 heterocycles.